The summed E-state index contributed by atoms with van der Waals surface area (Å²) in [5.74, 6) is 0.268. The van der Waals surface area contributed by atoms with Gasteiger partial charge in [0.05, 0.1) is 7.11 Å². The molecule has 3 aromatic rings. The summed E-state index contributed by atoms with van der Waals surface area (Å²) in [6.07, 6.45) is 0. The number of sulfonamides is 1. The third-order valence-electron chi connectivity index (χ3n) is 4.17. The minimum absolute atomic E-state index is 0.0622. The number of thiophene rings is 1. The number of nitrogens with one attached hydrogen (secondary N) is 1. The highest BCUT2D eigenvalue weighted by atomic mass is 32.2. The van der Waals surface area contributed by atoms with Gasteiger partial charge in [-0.2, -0.15) is 0 Å². The van der Waals surface area contributed by atoms with Crippen molar-refractivity contribution >= 4 is 31.4 Å². The van der Waals surface area contributed by atoms with E-state index >= 15 is 0 Å². The van der Waals surface area contributed by atoms with Gasteiger partial charge in [-0.15, -0.1) is 11.3 Å². The lowest BCUT2D eigenvalue weighted by Gasteiger charge is -2.22. The average Bonchev–Trinajstić information content (AvgIpc) is 3.05. The van der Waals surface area contributed by atoms with Crippen molar-refractivity contribution in [1.82, 2.24) is 4.72 Å². The molecule has 5 nitrogen and oxygen atoms in total. The van der Waals surface area contributed by atoms with E-state index in [1.54, 1.807) is 25.1 Å². The Morgan fingerprint density at radius 1 is 1.19 bits per heavy atom. The van der Waals surface area contributed by atoms with E-state index in [-0.39, 0.29) is 17.2 Å². The number of aliphatic hydroxyl groups is 1. The molecule has 7 heteroatoms. The lowest BCUT2D eigenvalue weighted by atomic mass is 10.1. The standard InChI is InChI=1S/C19H21NO4S2/c1-13-8-9-15(24-3)17(10-13)26(22,23)20-12-19(2,21)18-11-14-6-4-5-7-16(14)25-18/h4-11,20-21H,12H2,1-3H3. The molecule has 1 heterocycles. The molecule has 0 aliphatic carbocycles. The lowest BCUT2D eigenvalue weighted by Crippen LogP contribution is -2.38. The van der Waals surface area contributed by atoms with Crippen LogP contribution in [0.1, 0.15) is 17.4 Å². The molecule has 2 aromatic carbocycles. The largest absolute Gasteiger partial charge is 0.495 e. The first kappa shape index (κ1) is 18.8. The Labute approximate surface area is 157 Å². The maximum atomic E-state index is 12.7. The summed E-state index contributed by atoms with van der Waals surface area (Å²) in [6.45, 7) is 3.28. The van der Waals surface area contributed by atoms with E-state index in [9.17, 15) is 13.5 Å². The Morgan fingerprint density at radius 3 is 2.62 bits per heavy atom. The number of fused-ring (bicyclic) bond motifs is 1. The molecule has 2 N–H and O–H groups in total. The zero-order chi connectivity index (χ0) is 18.9. The molecular weight excluding hydrogens is 370 g/mol. The van der Waals surface area contributed by atoms with Crippen LogP contribution in [0.4, 0.5) is 0 Å². The summed E-state index contributed by atoms with van der Waals surface area (Å²) in [5, 5.41) is 11.9. The first-order valence-corrected chi connectivity index (χ1v) is 10.4. The second kappa shape index (κ2) is 7.00. The normalized spacial score (nSPS) is 14.3. The maximum Gasteiger partial charge on any atom is 0.244 e. The van der Waals surface area contributed by atoms with Gasteiger partial charge in [-0.1, -0.05) is 24.3 Å². The lowest BCUT2D eigenvalue weighted by molar-refractivity contribution is 0.0666. The SMILES string of the molecule is COc1ccc(C)cc1S(=O)(=O)NCC(C)(O)c1cc2ccccc2s1. The van der Waals surface area contributed by atoms with Gasteiger partial charge in [-0.25, -0.2) is 13.1 Å². The predicted molar refractivity (Wildman–Crippen MR) is 104 cm³/mol. The molecule has 138 valence electrons. The fourth-order valence-electron chi connectivity index (χ4n) is 2.64. The van der Waals surface area contributed by atoms with E-state index in [2.05, 4.69) is 4.72 Å². The topological polar surface area (TPSA) is 75.6 Å². The highest BCUT2D eigenvalue weighted by Crippen LogP contribution is 2.33. The third kappa shape index (κ3) is 3.76. The fourth-order valence-corrected chi connectivity index (χ4v) is 5.13. The van der Waals surface area contributed by atoms with Gasteiger partial charge < -0.3 is 9.84 Å². The molecule has 0 spiro atoms. The molecule has 0 aliphatic rings. The number of benzene rings is 2. The van der Waals surface area contributed by atoms with Gasteiger partial charge in [0.2, 0.25) is 10.0 Å². The summed E-state index contributed by atoms with van der Waals surface area (Å²) in [5.41, 5.74) is -0.518. The molecule has 1 unspecified atom stereocenters. The zero-order valence-electron chi connectivity index (χ0n) is 14.8. The molecule has 1 atom stereocenters. The van der Waals surface area contributed by atoms with Gasteiger partial charge in [0.1, 0.15) is 16.2 Å². The molecular formula is C19H21NO4S2. The van der Waals surface area contributed by atoms with Crippen molar-refractivity contribution in [3.63, 3.8) is 0 Å². The maximum absolute atomic E-state index is 12.7. The van der Waals surface area contributed by atoms with Crippen LogP contribution in [0.25, 0.3) is 10.1 Å². The van der Waals surface area contributed by atoms with Gasteiger partial charge in [0.15, 0.2) is 0 Å². The molecule has 0 aliphatic heterocycles. The summed E-state index contributed by atoms with van der Waals surface area (Å²) < 4.78 is 34.2. The van der Waals surface area contributed by atoms with E-state index in [0.717, 1.165) is 15.6 Å². The molecule has 1 aromatic heterocycles. The van der Waals surface area contributed by atoms with Crippen LogP contribution in [0.3, 0.4) is 0 Å². The Bertz CT molecular complexity index is 1010. The number of hydrogen-bond acceptors (Lipinski definition) is 5. The first-order valence-electron chi connectivity index (χ1n) is 8.09. The quantitative estimate of drug-likeness (QED) is 0.675. The first-order chi connectivity index (χ1) is 12.2. The van der Waals surface area contributed by atoms with Crippen molar-refractivity contribution in [2.24, 2.45) is 0 Å². The van der Waals surface area contributed by atoms with Crippen molar-refractivity contribution in [2.75, 3.05) is 13.7 Å². The number of aryl methyl sites for hydroxylation is 1. The molecule has 0 saturated carbocycles. The Hall–Kier alpha value is -1.93. The van der Waals surface area contributed by atoms with Gasteiger partial charge >= 0.3 is 0 Å². The van der Waals surface area contributed by atoms with Crippen molar-refractivity contribution in [3.05, 3.63) is 59.0 Å². The van der Waals surface area contributed by atoms with Crippen LogP contribution in [-0.2, 0) is 15.6 Å². The number of ether oxygens (including phenoxy) is 1. The molecule has 0 amide bonds. The van der Waals surface area contributed by atoms with Crippen molar-refractivity contribution in [3.8, 4) is 5.75 Å². The van der Waals surface area contributed by atoms with Crippen LogP contribution >= 0.6 is 11.3 Å². The van der Waals surface area contributed by atoms with Gasteiger partial charge in [0.25, 0.3) is 0 Å². The molecule has 0 saturated heterocycles. The van der Waals surface area contributed by atoms with Crippen LogP contribution in [-0.4, -0.2) is 27.2 Å². The van der Waals surface area contributed by atoms with Crippen LogP contribution in [0.15, 0.2) is 53.4 Å². The van der Waals surface area contributed by atoms with E-state index in [4.69, 9.17) is 4.74 Å². The van der Waals surface area contributed by atoms with E-state index in [0.29, 0.717) is 4.88 Å². The van der Waals surface area contributed by atoms with Crippen molar-refractivity contribution in [1.29, 1.82) is 0 Å². The predicted octanol–water partition coefficient (Wildman–Crippen LogP) is 3.40. The van der Waals surface area contributed by atoms with Crippen LogP contribution in [0, 0.1) is 6.92 Å². The second-order valence-electron chi connectivity index (χ2n) is 6.40. The number of methoxy groups -OCH3 is 1. The zero-order valence-corrected chi connectivity index (χ0v) is 16.4. The average molecular weight is 392 g/mol. The Morgan fingerprint density at radius 2 is 1.92 bits per heavy atom. The van der Waals surface area contributed by atoms with Crippen LogP contribution in [0.2, 0.25) is 0 Å². The summed E-state index contributed by atoms with van der Waals surface area (Å²) in [4.78, 5) is 0.768. The van der Waals surface area contributed by atoms with Crippen molar-refractivity contribution in [2.45, 2.75) is 24.3 Å². The fraction of sp³-hybridized carbons (Fsp3) is 0.263. The van der Waals surface area contributed by atoms with Gasteiger partial charge in [0, 0.05) is 16.1 Å². The Balaban J connectivity index is 1.85. The molecule has 3 rings (SSSR count). The van der Waals surface area contributed by atoms with Crippen LogP contribution in [0.5, 0.6) is 5.75 Å². The highest BCUT2D eigenvalue weighted by Gasteiger charge is 2.29. The molecule has 0 fully saturated rings. The summed E-state index contributed by atoms with van der Waals surface area (Å²) >= 11 is 1.45. The van der Waals surface area contributed by atoms with Gasteiger partial charge in [-0.05, 0) is 49.1 Å². The van der Waals surface area contributed by atoms with E-state index < -0.39 is 15.6 Å². The van der Waals surface area contributed by atoms with Crippen LogP contribution < -0.4 is 9.46 Å². The Kier molecular flexibility index (Phi) is 5.07. The minimum Gasteiger partial charge on any atom is -0.495 e. The monoisotopic (exact) mass is 391 g/mol. The highest BCUT2D eigenvalue weighted by molar-refractivity contribution is 7.89. The number of rotatable bonds is 6. The van der Waals surface area contributed by atoms with E-state index in [1.807, 2.05) is 37.3 Å². The van der Waals surface area contributed by atoms with Gasteiger partial charge in [-0.3, -0.25) is 0 Å². The summed E-state index contributed by atoms with van der Waals surface area (Å²) in [6, 6.07) is 14.6. The summed E-state index contributed by atoms with van der Waals surface area (Å²) in [7, 11) is -2.40. The second-order valence-corrected chi connectivity index (χ2v) is 9.22. The minimum atomic E-state index is -3.83. The van der Waals surface area contributed by atoms with E-state index in [1.165, 1.54) is 18.4 Å². The molecule has 0 bridgehead atoms. The molecule has 0 radical (unpaired) electrons. The number of hydrogen-bond donors (Lipinski definition) is 2. The van der Waals surface area contributed by atoms with Crippen molar-refractivity contribution < 1.29 is 18.3 Å². The molecule has 26 heavy (non-hydrogen) atoms. The smallest absolute Gasteiger partial charge is 0.244 e. The third-order valence-corrected chi connectivity index (χ3v) is 6.96.